The first-order valence-electron chi connectivity index (χ1n) is 3.37. The van der Waals surface area contributed by atoms with Crippen LogP contribution in [0.25, 0.3) is 0 Å². The molecular weight excluding hydrogens is 333 g/mol. The van der Waals surface area contributed by atoms with Crippen LogP contribution in [0.15, 0.2) is 0 Å². The van der Waals surface area contributed by atoms with Crippen LogP contribution in [-0.2, 0) is 35.7 Å². The first kappa shape index (κ1) is 13.9. The Labute approximate surface area is 84.1 Å². The molecular formula is C7H14HgO3. The zero-order chi connectivity index (χ0) is 9.49. The molecule has 0 rings (SSSR count). The van der Waals surface area contributed by atoms with Gasteiger partial charge in [-0.3, -0.25) is 0 Å². The second-order valence-corrected chi connectivity index (χ2v) is 4.65. The van der Waals surface area contributed by atoms with Gasteiger partial charge in [0.05, 0.1) is 0 Å². The van der Waals surface area contributed by atoms with Crippen LogP contribution in [0.2, 0.25) is 3.93 Å². The second kappa shape index (κ2) is 7.04. The van der Waals surface area contributed by atoms with E-state index in [-0.39, 0.29) is 5.60 Å². The third kappa shape index (κ3) is 17.9. The molecule has 11 heavy (non-hydrogen) atoms. The van der Waals surface area contributed by atoms with Crippen molar-refractivity contribution in [3.8, 4) is 0 Å². The summed E-state index contributed by atoms with van der Waals surface area (Å²) < 4.78 is 6.40. The summed E-state index contributed by atoms with van der Waals surface area (Å²) in [6.07, 6.45) is 0. The summed E-state index contributed by atoms with van der Waals surface area (Å²) in [5, 5.41) is 8.89. The van der Waals surface area contributed by atoms with Gasteiger partial charge in [-0.2, -0.15) is 0 Å². The monoisotopic (exact) mass is 348 g/mol. The van der Waals surface area contributed by atoms with E-state index in [0.29, 0.717) is 0 Å². The zero-order valence-electron chi connectivity index (χ0n) is 7.64. The van der Waals surface area contributed by atoms with Crippen molar-refractivity contribution in [3.63, 3.8) is 0 Å². The van der Waals surface area contributed by atoms with Gasteiger partial charge in [0.1, 0.15) is 0 Å². The second-order valence-electron chi connectivity index (χ2n) is 2.71. The zero-order valence-corrected chi connectivity index (χ0v) is 13.1. The Balaban J connectivity index is 0. The van der Waals surface area contributed by atoms with Gasteiger partial charge in [0.25, 0.3) is 0 Å². The number of hydrogen-bond acceptors (Lipinski definition) is 3. The van der Waals surface area contributed by atoms with Crippen LogP contribution >= 0.6 is 0 Å². The molecule has 4 heteroatoms. The van der Waals surface area contributed by atoms with Gasteiger partial charge >= 0.3 is 61.3 Å². The molecule has 0 radical (unpaired) electrons. The molecule has 0 aliphatic rings. The van der Waals surface area contributed by atoms with E-state index in [1.54, 1.807) is 7.11 Å². The maximum absolute atomic E-state index is 8.89. The molecule has 0 N–H and O–H groups in total. The van der Waals surface area contributed by atoms with Crippen LogP contribution in [0.3, 0.4) is 0 Å². The van der Waals surface area contributed by atoms with Crippen LogP contribution in [0.1, 0.15) is 20.8 Å². The number of carboxylic acid groups (broad SMARTS) is 1. The first-order chi connectivity index (χ1) is 4.85. The molecule has 0 amide bonds. The van der Waals surface area contributed by atoms with Crippen molar-refractivity contribution in [2.75, 3.05) is 7.11 Å². The van der Waals surface area contributed by atoms with E-state index in [1.807, 2.05) is 0 Å². The maximum atomic E-state index is 8.89. The van der Waals surface area contributed by atoms with Crippen LogP contribution in [-0.4, -0.2) is 18.7 Å². The van der Waals surface area contributed by atoms with Gasteiger partial charge in [0.15, 0.2) is 0 Å². The Hall–Kier alpha value is 0.365. The van der Waals surface area contributed by atoms with Crippen LogP contribution < -0.4 is 5.11 Å². The number of rotatable bonds is 2. The first-order valence-corrected chi connectivity index (χ1v) is 7.26. The Morgan fingerprint density at radius 1 is 1.64 bits per heavy atom. The topological polar surface area (TPSA) is 49.4 Å². The van der Waals surface area contributed by atoms with Gasteiger partial charge in [-0.1, -0.05) is 0 Å². The summed E-state index contributed by atoms with van der Waals surface area (Å²) in [7, 11) is 1.77. The predicted molar refractivity (Wildman–Crippen MR) is 36.6 cm³/mol. The molecule has 0 unspecified atom stereocenters. The van der Waals surface area contributed by atoms with Gasteiger partial charge in [-0.15, -0.1) is 0 Å². The molecule has 0 saturated heterocycles. The summed E-state index contributed by atoms with van der Waals surface area (Å²) in [5.41, 5.74) is 0.170. The molecule has 0 saturated carbocycles. The summed E-state index contributed by atoms with van der Waals surface area (Å²) in [4.78, 5) is 8.89. The van der Waals surface area contributed by atoms with Crippen LogP contribution in [0.4, 0.5) is 0 Å². The van der Waals surface area contributed by atoms with Crippen molar-refractivity contribution in [1.82, 2.24) is 0 Å². The number of aliphatic carboxylic acids is 1. The Morgan fingerprint density at radius 3 is 1.91 bits per heavy atom. The fourth-order valence-electron chi connectivity index (χ4n) is 0.102. The third-order valence-electron chi connectivity index (χ3n) is 1.15. The van der Waals surface area contributed by atoms with E-state index in [1.165, 1.54) is 3.93 Å². The number of hydrogen-bond donors (Lipinski definition) is 0. The number of ether oxygens (including phenoxy) is 1. The molecule has 0 aromatic heterocycles. The molecule has 3 nitrogen and oxygen atoms in total. The Morgan fingerprint density at radius 2 is 1.91 bits per heavy atom. The minimum atomic E-state index is -1.08. The van der Waals surface area contributed by atoms with Crippen molar-refractivity contribution >= 4 is 5.97 Å². The number of carboxylic acids is 1. The fraction of sp³-hybridized carbons (Fsp3) is 0.857. The van der Waals surface area contributed by atoms with E-state index in [0.717, 1.165) is 33.0 Å². The van der Waals surface area contributed by atoms with Crippen molar-refractivity contribution in [2.45, 2.75) is 30.3 Å². The standard InChI is InChI=1S/C5H11O.C2H4O2.Hg/c1-5(2,3)6-4;1-2(3)4;/h1H2,2-4H3;1H3,(H,3,4);/q;;+1/p-1. The van der Waals surface area contributed by atoms with E-state index < -0.39 is 5.97 Å². The van der Waals surface area contributed by atoms with Gasteiger partial charge < -0.3 is 9.90 Å². The van der Waals surface area contributed by atoms with Crippen LogP contribution in [0.5, 0.6) is 0 Å². The summed E-state index contributed by atoms with van der Waals surface area (Å²) >= 11 is 0.879. The quantitative estimate of drug-likeness (QED) is 0.668. The average Bonchev–Trinajstić information content (AvgIpc) is 1.87. The molecule has 0 aromatic carbocycles. The van der Waals surface area contributed by atoms with E-state index >= 15 is 0 Å². The molecule has 0 aliphatic carbocycles. The van der Waals surface area contributed by atoms with E-state index in [2.05, 4.69) is 13.8 Å². The number of methoxy groups -OCH3 is 1. The Bertz CT molecular complexity index is 102. The number of carbonyl (C=O) groups excluding carboxylic acids is 1. The van der Waals surface area contributed by atoms with Gasteiger partial charge in [-0.25, -0.2) is 0 Å². The van der Waals surface area contributed by atoms with Crippen molar-refractivity contribution < 1.29 is 40.8 Å². The van der Waals surface area contributed by atoms with Crippen molar-refractivity contribution in [1.29, 1.82) is 0 Å². The summed E-state index contributed by atoms with van der Waals surface area (Å²) in [6.45, 7) is 5.22. The van der Waals surface area contributed by atoms with Crippen molar-refractivity contribution in [3.05, 3.63) is 0 Å². The molecule has 0 atom stereocenters. The van der Waals surface area contributed by atoms with Gasteiger partial charge in [-0.05, 0) is 6.92 Å². The minimum absolute atomic E-state index is 0.170. The predicted octanol–water partition coefficient (Wildman–Crippen LogP) is 0.133. The normalized spacial score (nSPS) is 10.0. The fourth-order valence-corrected chi connectivity index (χ4v) is 0.896. The molecule has 0 bridgehead atoms. The summed E-state index contributed by atoms with van der Waals surface area (Å²) in [6, 6.07) is 0. The molecule has 0 spiro atoms. The molecule has 0 fully saturated rings. The molecule has 0 aromatic rings. The Kier molecular flexibility index (Phi) is 8.91. The van der Waals surface area contributed by atoms with Gasteiger partial charge in [0.2, 0.25) is 0 Å². The third-order valence-corrected chi connectivity index (χ3v) is 5.84. The number of carbonyl (C=O) groups is 1. The molecule has 0 heterocycles. The molecule has 0 aliphatic heterocycles. The van der Waals surface area contributed by atoms with E-state index in [9.17, 15) is 0 Å². The van der Waals surface area contributed by atoms with Gasteiger partial charge in [0, 0.05) is 5.97 Å². The van der Waals surface area contributed by atoms with Crippen LogP contribution in [0, 0.1) is 0 Å². The van der Waals surface area contributed by atoms with Crippen molar-refractivity contribution in [2.24, 2.45) is 0 Å². The summed E-state index contributed by atoms with van der Waals surface area (Å²) in [5.74, 6) is -1.08. The molecule has 62 valence electrons. The van der Waals surface area contributed by atoms with E-state index in [4.69, 9.17) is 14.6 Å². The SMILES string of the molecule is CC(=O)[O-].COC(C)(C)[CH2][Hg+]. The average molecular weight is 347 g/mol.